The summed E-state index contributed by atoms with van der Waals surface area (Å²) < 4.78 is 0. The second-order valence-electron chi connectivity index (χ2n) is 6.45. The van der Waals surface area contributed by atoms with Gasteiger partial charge in [0.1, 0.15) is 0 Å². The van der Waals surface area contributed by atoms with Crippen LogP contribution in [0, 0.1) is 0 Å². The van der Waals surface area contributed by atoms with E-state index in [0.29, 0.717) is 5.92 Å². The van der Waals surface area contributed by atoms with Gasteiger partial charge in [0.25, 0.3) is 0 Å². The van der Waals surface area contributed by atoms with Gasteiger partial charge in [0.05, 0.1) is 6.10 Å². The summed E-state index contributed by atoms with van der Waals surface area (Å²) in [4.78, 5) is 2.38. The Kier molecular flexibility index (Phi) is 3.79. The van der Waals surface area contributed by atoms with Crippen molar-refractivity contribution in [3.63, 3.8) is 0 Å². The molecule has 1 unspecified atom stereocenters. The summed E-state index contributed by atoms with van der Waals surface area (Å²) in [6.07, 6.45) is 0.701. The zero-order valence-corrected chi connectivity index (χ0v) is 12.0. The summed E-state index contributed by atoms with van der Waals surface area (Å²) in [5.41, 5.74) is 2.83. The van der Waals surface area contributed by atoms with Crippen molar-refractivity contribution >= 4 is 0 Å². The van der Waals surface area contributed by atoms with Gasteiger partial charge in [0.2, 0.25) is 0 Å². The highest BCUT2D eigenvalue weighted by atomic mass is 16.3. The van der Waals surface area contributed by atoms with E-state index in [-0.39, 0.29) is 11.6 Å². The van der Waals surface area contributed by atoms with Crippen LogP contribution in [-0.2, 0) is 6.54 Å². The van der Waals surface area contributed by atoms with Gasteiger partial charge in [-0.15, -0.1) is 0 Å². The Labute approximate surface area is 111 Å². The first-order chi connectivity index (χ1) is 8.38. The summed E-state index contributed by atoms with van der Waals surface area (Å²) in [5, 5.41) is 9.79. The molecule has 1 atom stereocenters. The third-order valence-corrected chi connectivity index (χ3v) is 4.04. The topological polar surface area (TPSA) is 23.5 Å². The van der Waals surface area contributed by atoms with Crippen molar-refractivity contribution in [1.82, 2.24) is 4.90 Å². The smallest absolute Gasteiger partial charge is 0.0684 e. The van der Waals surface area contributed by atoms with Gasteiger partial charge in [-0.1, -0.05) is 38.1 Å². The van der Waals surface area contributed by atoms with Crippen molar-refractivity contribution in [2.24, 2.45) is 0 Å². The Morgan fingerprint density at radius 1 is 1.28 bits per heavy atom. The molecule has 0 saturated carbocycles. The summed E-state index contributed by atoms with van der Waals surface area (Å²) in [7, 11) is 0. The van der Waals surface area contributed by atoms with Crippen LogP contribution in [0.25, 0.3) is 0 Å². The minimum Gasteiger partial charge on any atom is -0.392 e. The average Bonchev–Trinajstić information content (AvgIpc) is 2.52. The molecule has 1 heterocycles. The molecule has 1 fully saturated rings. The van der Waals surface area contributed by atoms with Crippen molar-refractivity contribution in [3.8, 4) is 0 Å². The normalized spacial score (nSPS) is 23.8. The van der Waals surface area contributed by atoms with E-state index in [2.05, 4.69) is 56.9 Å². The fourth-order valence-corrected chi connectivity index (χ4v) is 2.78. The predicted octanol–water partition coefficient (Wildman–Crippen LogP) is 3.16. The van der Waals surface area contributed by atoms with Crippen LogP contribution in [0.4, 0.5) is 0 Å². The van der Waals surface area contributed by atoms with E-state index in [1.807, 2.05) is 0 Å². The molecule has 1 aromatic rings. The van der Waals surface area contributed by atoms with Crippen molar-refractivity contribution in [2.45, 2.75) is 58.2 Å². The van der Waals surface area contributed by atoms with Crippen molar-refractivity contribution in [2.75, 3.05) is 6.54 Å². The van der Waals surface area contributed by atoms with Gasteiger partial charge in [0.15, 0.2) is 0 Å². The maximum absolute atomic E-state index is 9.79. The number of rotatable bonds is 3. The summed E-state index contributed by atoms with van der Waals surface area (Å²) >= 11 is 0. The zero-order chi connectivity index (χ0) is 13.3. The zero-order valence-electron chi connectivity index (χ0n) is 12.0. The van der Waals surface area contributed by atoms with Gasteiger partial charge >= 0.3 is 0 Å². The highest BCUT2D eigenvalue weighted by Gasteiger charge is 2.37. The lowest BCUT2D eigenvalue weighted by molar-refractivity contribution is 0.156. The van der Waals surface area contributed by atoms with Crippen LogP contribution in [0.1, 0.15) is 51.2 Å². The number of hydrogen-bond acceptors (Lipinski definition) is 2. The molecule has 1 aliphatic rings. The predicted molar refractivity (Wildman–Crippen MR) is 75.6 cm³/mol. The largest absolute Gasteiger partial charge is 0.392 e. The number of benzene rings is 1. The molecule has 2 rings (SSSR count). The fraction of sp³-hybridized carbons (Fsp3) is 0.625. The summed E-state index contributed by atoms with van der Waals surface area (Å²) in [6, 6.07) is 8.88. The Bertz CT molecular complexity index is 394. The van der Waals surface area contributed by atoms with E-state index >= 15 is 0 Å². The quantitative estimate of drug-likeness (QED) is 0.887. The maximum Gasteiger partial charge on any atom is 0.0684 e. The first kappa shape index (κ1) is 13.6. The van der Waals surface area contributed by atoms with Gasteiger partial charge in [-0.3, -0.25) is 4.90 Å². The summed E-state index contributed by atoms with van der Waals surface area (Å²) in [5.74, 6) is 0.587. The number of aliphatic hydroxyl groups is 1. The third-order valence-electron chi connectivity index (χ3n) is 4.04. The molecular formula is C16H25NO. The van der Waals surface area contributed by atoms with Crippen LogP contribution in [-0.4, -0.2) is 28.2 Å². The Morgan fingerprint density at radius 2 is 1.89 bits per heavy atom. The third kappa shape index (κ3) is 2.93. The van der Waals surface area contributed by atoms with E-state index in [1.165, 1.54) is 11.1 Å². The SMILES string of the molecule is CC(C)c1ccc(CN2CC(O)CC2(C)C)cc1. The minimum absolute atomic E-state index is 0.107. The van der Waals surface area contributed by atoms with Gasteiger partial charge in [-0.05, 0) is 37.3 Å². The molecule has 0 radical (unpaired) electrons. The second-order valence-corrected chi connectivity index (χ2v) is 6.45. The molecule has 0 spiro atoms. The van der Waals surface area contributed by atoms with Crippen LogP contribution in [0.5, 0.6) is 0 Å². The Balaban J connectivity index is 2.05. The molecule has 100 valence electrons. The number of likely N-dealkylation sites (tertiary alicyclic amines) is 1. The van der Waals surface area contributed by atoms with Gasteiger partial charge in [-0.2, -0.15) is 0 Å². The van der Waals surface area contributed by atoms with E-state index < -0.39 is 0 Å². The van der Waals surface area contributed by atoms with Gasteiger partial charge in [-0.25, -0.2) is 0 Å². The van der Waals surface area contributed by atoms with Crippen LogP contribution in [0.15, 0.2) is 24.3 Å². The molecule has 1 N–H and O–H groups in total. The summed E-state index contributed by atoms with van der Waals surface area (Å²) in [6.45, 7) is 10.6. The highest BCUT2D eigenvalue weighted by molar-refractivity contribution is 5.25. The lowest BCUT2D eigenvalue weighted by atomic mass is 9.99. The number of β-amino-alcohol motifs (C(OH)–C–C–N with tert-alkyl or cyclic N) is 1. The van der Waals surface area contributed by atoms with Crippen LogP contribution < -0.4 is 0 Å². The molecular weight excluding hydrogens is 222 g/mol. The number of nitrogens with zero attached hydrogens (tertiary/aromatic N) is 1. The monoisotopic (exact) mass is 247 g/mol. The van der Waals surface area contributed by atoms with Crippen LogP contribution >= 0.6 is 0 Å². The lowest BCUT2D eigenvalue weighted by Crippen LogP contribution is -2.37. The average molecular weight is 247 g/mol. The van der Waals surface area contributed by atoms with Gasteiger partial charge in [0, 0.05) is 18.6 Å². The van der Waals surface area contributed by atoms with E-state index in [4.69, 9.17) is 0 Å². The van der Waals surface area contributed by atoms with Crippen molar-refractivity contribution in [1.29, 1.82) is 0 Å². The molecule has 1 saturated heterocycles. The number of aliphatic hydroxyl groups excluding tert-OH is 1. The molecule has 1 aromatic carbocycles. The first-order valence-electron chi connectivity index (χ1n) is 6.90. The molecule has 0 aliphatic carbocycles. The number of hydrogen-bond donors (Lipinski definition) is 1. The Morgan fingerprint density at radius 3 is 2.33 bits per heavy atom. The molecule has 2 heteroatoms. The molecule has 0 amide bonds. The van der Waals surface area contributed by atoms with E-state index in [9.17, 15) is 5.11 Å². The van der Waals surface area contributed by atoms with Crippen molar-refractivity contribution < 1.29 is 5.11 Å². The highest BCUT2D eigenvalue weighted by Crippen LogP contribution is 2.30. The van der Waals surface area contributed by atoms with E-state index in [0.717, 1.165) is 19.5 Å². The van der Waals surface area contributed by atoms with Crippen molar-refractivity contribution in [3.05, 3.63) is 35.4 Å². The molecule has 18 heavy (non-hydrogen) atoms. The standard InChI is InChI=1S/C16H25NO/c1-12(2)14-7-5-13(6-8-14)10-17-11-15(18)9-16(17,3)4/h5-8,12,15,18H,9-11H2,1-4H3. The Hall–Kier alpha value is -0.860. The van der Waals surface area contributed by atoms with Crippen LogP contribution in [0.3, 0.4) is 0 Å². The van der Waals surface area contributed by atoms with E-state index in [1.54, 1.807) is 0 Å². The van der Waals surface area contributed by atoms with Gasteiger partial charge < -0.3 is 5.11 Å². The molecule has 0 aromatic heterocycles. The minimum atomic E-state index is -0.171. The first-order valence-corrected chi connectivity index (χ1v) is 6.90. The second kappa shape index (κ2) is 5.02. The maximum atomic E-state index is 9.79. The molecule has 1 aliphatic heterocycles. The fourth-order valence-electron chi connectivity index (χ4n) is 2.78. The molecule has 0 bridgehead atoms. The molecule has 2 nitrogen and oxygen atoms in total. The lowest BCUT2D eigenvalue weighted by Gasteiger charge is -2.31. The van der Waals surface area contributed by atoms with Crippen LogP contribution in [0.2, 0.25) is 0 Å².